The van der Waals surface area contributed by atoms with Crippen LogP contribution < -0.4 is 0 Å². The van der Waals surface area contributed by atoms with Crippen molar-refractivity contribution < 1.29 is 0 Å². The van der Waals surface area contributed by atoms with Crippen LogP contribution in [-0.2, 0) is 13.0 Å². The number of nitrogens with zero attached hydrogens (tertiary/aromatic N) is 1. The normalized spacial score (nSPS) is 11.0. The van der Waals surface area contributed by atoms with Gasteiger partial charge in [0.2, 0.25) is 0 Å². The van der Waals surface area contributed by atoms with Gasteiger partial charge in [-0.25, -0.2) is 0 Å². The van der Waals surface area contributed by atoms with Crippen LogP contribution in [0.15, 0.2) is 24.3 Å². The van der Waals surface area contributed by atoms with E-state index >= 15 is 0 Å². The number of rotatable bonds is 7. The Kier molecular flexibility index (Phi) is 6.58. The number of hydrogen-bond acceptors (Lipinski definition) is 2. The third-order valence-corrected chi connectivity index (χ3v) is 3.03. The van der Waals surface area contributed by atoms with Crippen LogP contribution in [0.2, 0.25) is 0 Å². The van der Waals surface area contributed by atoms with Crippen molar-refractivity contribution in [2.45, 2.75) is 32.7 Å². The third kappa shape index (κ3) is 5.04. The Morgan fingerprint density at radius 3 is 2.31 bits per heavy atom. The van der Waals surface area contributed by atoms with E-state index in [1.807, 2.05) is 0 Å². The molecule has 90 valence electrons. The molecule has 1 rings (SSSR count). The zero-order chi connectivity index (χ0) is 11.8. The maximum absolute atomic E-state index is 4.23. The molecule has 0 heterocycles. The molecule has 0 atom stereocenters. The fourth-order valence-electron chi connectivity index (χ4n) is 1.83. The lowest BCUT2D eigenvalue weighted by Crippen LogP contribution is -2.19. The van der Waals surface area contributed by atoms with E-state index in [0.29, 0.717) is 0 Å². The van der Waals surface area contributed by atoms with Crippen molar-refractivity contribution in [2.24, 2.45) is 0 Å². The molecular weight excluding hydrogens is 214 g/mol. The minimum absolute atomic E-state index is 0.972. The number of hydrogen-bond donors (Lipinski definition) is 1. The van der Waals surface area contributed by atoms with Gasteiger partial charge in [0, 0.05) is 6.54 Å². The summed E-state index contributed by atoms with van der Waals surface area (Å²) in [5.41, 5.74) is 2.85. The Balaban J connectivity index is 2.41. The topological polar surface area (TPSA) is 3.24 Å². The van der Waals surface area contributed by atoms with Crippen LogP contribution in [0.25, 0.3) is 0 Å². The highest BCUT2D eigenvalue weighted by atomic mass is 32.1. The number of aryl methyl sites for hydroxylation is 1. The van der Waals surface area contributed by atoms with E-state index in [4.69, 9.17) is 0 Å². The molecule has 0 fully saturated rings. The minimum Gasteiger partial charge on any atom is -0.302 e. The van der Waals surface area contributed by atoms with Crippen LogP contribution in [0.1, 0.15) is 30.9 Å². The summed E-state index contributed by atoms with van der Waals surface area (Å²) >= 11 is 4.23. The van der Waals surface area contributed by atoms with Gasteiger partial charge >= 0.3 is 0 Å². The van der Waals surface area contributed by atoms with Crippen molar-refractivity contribution in [2.75, 3.05) is 19.3 Å². The maximum atomic E-state index is 4.23. The summed E-state index contributed by atoms with van der Waals surface area (Å²) in [5, 5.41) is 0. The summed E-state index contributed by atoms with van der Waals surface area (Å²) in [5.74, 6) is 0.972. The molecule has 1 aromatic carbocycles. The van der Waals surface area contributed by atoms with Gasteiger partial charge in [0.15, 0.2) is 0 Å². The Morgan fingerprint density at radius 2 is 1.75 bits per heavy atom. The number of benzene rings is 1. The van der Waals surface area contributed by atoms with Crippen molar-refractivity contribution >= 4 is 12.6 Å². The molecule has 0 aliphatic heterocycles. The van der Waals surface area contributed by atoms with Gasteiger partial charge in [-0.3, -0.25) is 0 Å². The first-order chi connectivity index (χ1) is 7.76. The van der Waals surface area contributed by atoms with E-state index in [1.165, 1.54) is 24.0 Å². The number of thiol groups is 1. The Bertz CT molecular complexity index is 281. The molecule has 0 spiro atoms. The Labute approximate surface area is 105 Å². The second-order valence-electron chi connectivity index (χ2n) is 4.38. The second-order valence-corrected chi connectivity index (χ2v) is 4.83. The van der Waals surface area contributed by atoms with Gasteiger partial charge in [-0.2, -0.15) is 12.6 Å². The molecule has 0 amide bonds. The SMILES string of the molecule is CCCc1ccc(CN(C)CCCS)cc1. The molecule has 0 radical (unpaired) electrons. The molecule has 2 heteroatoms. The van der Waals surface area contributed by atoms with E-state index in [9.17, 15) is 0 Å². The predicted octanol–water partition coefficient (Wildman–Crippen LogP) is 3.39. The van der Waals surface area contributed by atoms with Crippen LogP contribution in [0, 0.1) is 0 Å². The van der Waals surface area contributed by atoms with E-state index in [0.717, 1.165) is 25.3 Å². The lowest BCUT2D eigenvalue weighted by molar-refractivity contribution is 0.328. The van der Waals surface area contributed by atoms with E-state index in [1.54, 1.807) is 0 Å². The standard InChI is InChI=1S/C14H23NS/c1-3-5-13-6-8-14(9-7-13)12-15(2)10-4-11-16/h6-9,16H,3-5,10-12H2,1-2H3. The zero-order valence-electron chi connectivity index (χ0n) is 10.4. The molecule has 1 nitrogen and oxygen atoms in total. The largest absolute Gasteiger partial charge is 0.302 e. The predicted molar refractivity (Wildman–Crippen MR) is 75.2 cm³/mol. The van der Waals surface area contributed by atoms with E-state index in [2.05, 4.69) is 55.8 Å². The lowest BCUT2D eigenvalue weighted by Gasteiger charge is -2.16. The molecule has 0 aromatic heterocycles. The Hall–Kier alpha value is -0.470. The first-order valence-electron chi connectivity index (χ1n) is 6.13. The zero-order valence-corrected chi connectivity index (χ0v) is 11.3. The highest BCUT2D eigenvalue weighted by Gasteiger charge is 1.99. The lowest BCUT2D eigenvalue weighted by atomic mass is 10.1. The Morgan fingerprint density at radius 1 is 1.12 bits per heavy atom. The van der Waals surface area contributed by atoms with Gasteiger partial charge in [-0.1, -0.05) is 37.6 Å². The van der Waals surface area contributed by atoms with Gasteiger partial charge < -0.3 is 4.90 Å². The van der Waals surface area contributed by atoms with Crippen molar-refractivity contribution in [3.8, 4) is 0 Å². The molecule has 0 saturated carbocycles. The molecule has 0 aliphatic carbocycles. The quantitative estimate of drug-likeness (QED) is 0.711. The summed E-state index contributed by atoms with van der Waals surface area (Å²) in [6, 6.07) is 9.01. The molecule has 0 unspecified atom stereocenters. The summed E-state index contributed by atoms with van der Waals surface area (Å²) < 4.78 is 0. The van der Waals surface area contributed by atoms with E-state index < -0.39 is 0 Å². The molecule has 1 aromatic rings. The van der Waals surface area contributed by atoms with Gasteiger partial charge in [0.25, 0.3) is 0 Å². The third-order valence-electron chi connectivity index (χ3n) is 2.71. The molecule has 16 heavy (non-hydrogen) atoms. The van der Waals surface area contributed by atoms with Crippen LogP contribution >= 0.6 is 12.6 Å². The first-order valence-corrected chi connectivity index (χ1v) is 6.76. The van der Waals surface area contributed by atoms with Crippen molar-refractivity contribution in [3.63, 3.8) is 0 Å². The highest BCUT2D eigenvalue weighted by Crippen LogP contribution is 2.08. The van der Waals surface area contributed by atoms with Gasteiger partial charge in [-0.05, 0) is 43.3 Å². The minimum atomic E-state index is 0.972. The average molecular weight is 237 g/mol. The fourth-order valence-corrected chi connectivity index (χ4v) is 1.97. The smallest absolute Gasteiger partial charge is 0.0230 e. The fraction of sp³-hybridized carbons (Fsp3) is 0.571. The molecule has 0 saturated heterocycles. The van der Waals surface area contributed by atoms with Crippen LogP contribution in [0.4, 0.5) is 0 Å². The van der Waals surface area contributed by atoms with Crippen LogP contribution in [-0.4, -0.2) is 24.2 Å². The van der Waals surface area contributed by atoms with Crippen molar-refractivity contribution in [3.05, 3.63) is 35.4 Å². The second kappa shape index (κ2) is 7.75. The van der Waals surface area contributed by atoms with Gasteiger partial charge in [0.05, 0.1) is 0 Å². The molecular formula is C14H23NS. The summed E-state index contributed by atoms with van der Waals surface area (Å²) in [6.07, 6.45) is 3.57. The summed E-state index contributed by atoms with van der Waals surface area (Å²) in [6.45, 7) is 4.39. The van der Waals surface area contributed by atoms with Crippen molar-refractivity contribution in [1.29, 1.82) is 0 Å². The summed E-state index contributed by atoms with van der Waals surface area (Å²) in [7, 11) is 2.17. The average Bonchev–Trinajstić information content (AvgIpc) is 2.29. The monoisotopic (exact) mass is 237 g/mol. The first kappa shape index (κ1) is 13.6. The van der Waals surface area contributed by atoms with Gasteiger partial charge in [-0.15, -0.1) is 0 Å². The highest BCUT2D eigenvalue weighted by molar-refractivity contribution is 7.80. The summed E-state index contributed by atoms with van der Waals surface area (Å²) in [4.78, 5) is 2.35. The van der Waals surface area contributed by atoms with Crippen LogP contribution in [0.5, 0.6) is 0 Å². The van der Waals surface area contributed by atoms with Crippen molar-refractivity contribution in [1.82, 2.24) is 4.90 Å². The van der Waals surface area contributed by atoms with Crippen LogP contribution in [0.3, 0.4) is 0 Å². The molecule has 0 aliphatic rings. The molecule has 0 N–H and O–H groups in total. The van der Waals surface area contributed by atoms with E-state index in [-0.39, 0.29) is 0 Å². The molecule has 0 bridgehead atoms. The maximum Gasteiger partial charge on any atom is 0.0230 e. The van der Waals surface area contributed by atoms with Gasteiger partial charge in [0.1, 0.15) is 0 Å².